The molecule has 0 spiro atoms. The zero-order valence-electron chi connectivity index (χ0n) is 16.8. The molecular weight excluding hydrogens is 465 g/mol. The molecule has 4 aromatic rings. The molecular formula is C20H14ClF3N6O3. The van der Waals surface area contributed by atoms with Gasteiger partial charge in [-0.25, -0.2) is 9.97 Å². The Kier molecular flexibility index (Phi) is 5.77. The van der Waals surface area contributed by atoms with Crippen LogP contribution in [0.15, 0.2) is 48.8 Å². The van der Waals surface area contributed by atoms with Crippen molar-refractivity contribution in [2.75, 3.05) is 11.9 Å². The van der Waals surface area contributed by atoms with Crippen molar-refractivity contribution in [3.05, 3.63) is 64.1 Å². The Morgan fingerprint density at radius 3 is 2.73 bits per heavy atom. The summed E-state index contributed by atoms with van der Waals surface area (Å²) in [5.41, 5.74) is 1.43. The van der Waals surface area contributed by atoms with Crippen LogP contribution in [-0.4, -0.2) is 37.2 Å². The maximum Gasteiger partial charge on any atom is 0.422 e. The standard InChI is InChI=1S/C20H14ClF3N6O3/c1-29-9-12(11-4-2-3-5-15(11)29)13-6-7-25-19(26-13)27-14-8-16(30(31)32)17(21)28-18(14)33-10-20(22,23)24/h2-9H,10H2,1H3,(H,25,26,27). The number of rotatable bonds is 6. The second-order valence-corrected chi connectivity index (χ2v) is 7.23. The van der Waals surface area contributed by atoms with Gasteiger partial charge in [-0.15, -0.1) is 0 Å². The molecule has 13 heteroatoms. The number of alkyl halides is 3. The number of aromatic nitrogens is 4. The van der Waals surface area contributed by atoms with Gasteiger partial charge >= 0.3 is 11.9 Å². The van der Waals surface area contributed by atoms with Crippen LogP contribution in [0.5, 0.6) is 5.88 Å². The number of hydrogen-bond acceptors (Lipinski definition) is 7. The molecule has 0 bridgehead atoms. The highest BCUT2D eigenvalue weighted by Crippen LogP contribution is 2.35. The van der Waals surface area contributed by atoms with Gasteiger partial charge in [0, 0.05) is 42.0 Å². The molecule has 0 atom stereocenters. The molecule has 4 rings (SSSR count). The van der Waals surface area contributed by atoms with E-state index in [4.69, 9.17) is 16.3 Å². The summed E-state index contributed by atoms with van der Waals surface area (Å²) < 4.78 is 44.5. The van der Waals surface area contributed by atoms with E-state index in [1.165, 1.54) is 6.20 Å². The van der Waals surface area contributed by atoms with Crippen molar-refractivity contribution < 1.29 is 22.8 Å². The number of nitrogens with one attached hydrogen (secondary N) is 1. The van der Waals surface area contributed by atoms with Crippen LogP contribution < -0.4 is 10.1 Å². The van der Waals surface area contributed by atoms with Crippen LogP contribution in [0.4, 0.5) is 30.5 Å². The summed E-state index contributed by atoms with van der Waals surface area (Å²) in [6.45, 7) is -1.67. The minimum atomic E-state index is -4.65. The van der Waals surface area contributed by atoms with E-state index < -0.39 is 34.4 Å². The number of aryl methyl sites for hydroxylation is 1. The van der Waals surface area contributed by atoms with E-state index in [1.54, 1.807) is 6.07 Å². The topological polar surface area (TPSA) is 108 Å². The molecule has 0 aliphatic carbocycles. The van der Waals surface area contributed by atoms with Crippen LogP contribution in [0.1, 0.15) is 0 Å². The fourth-order valence-corrected chi connectivity index (χ4v) is 3.38. The van der Waals surface area contributed by atoms with Crippen LogP contribution in [0, 0.1) is 10.1 Å². The zero-order valence-corrected chi connectivity index (χ0v) is 17.6. The number of nitrogens with zero attached hydrogens (tertiary/aromatic N) is 5. The largest absolute Gasteiger partial charge is 0.466 e. The Balaban J connectivity index is 1.73. The van der Waals surface area contributed by atoms with Crippen LogP contribution in [0.25, 0.3) is 22.2 Å². The predicted octanol–water partition coefficient (Wildman–Crippen LogP) is 5.28. The van der Waals surface area contributed by atoms with E-state index in [0.717, 1.165) is 22.5 Å². The summed E-state index contributed by atoms with van der Waals surface area (Å²) in [7, 11) is 1.88. The molecule has 3 heterocycles. The number of pyridine rings is 1. The lowest BCUT2D eigenvalue weighted by atomic mass is 10.1. The smallest absolute Gasteiger partial charge is 0.422 e. The molecule has 9 nitrogen and oxygen atoms in total. The number of halogens is 4. The van der Waals surface area contributed by atoms with Crippen LogP contribution in [-0.2, 0) is 7.05 Å². The fraction of sp³-hybridized carbons (Fsp3) is 0.150. The van der Waals surface area contributed by atoms with Crippen molar-refractivity contribution in [1.82, 2.24) is 19.5 Å². The third kappa shape index (κ3) is 4.80. The highest BCUT2D eigenvalue weighted by molar-refractivity contribution is 6.31. The monoisotopic (exact) mass is 478 g/mol. The number of nitro groups is 1. The summed E-state index contributed by atoms with van der Waals surface area (Å²) >= 11 is 5.74. The Labute approximate surface area is 189 Å². The number of ether oxygens (including phenoxy) is 1. The number of para-hydroxylation sites is 1. The highest BCUT2D eigenvalue weighted by atomic mass is 35.5. The van der Waals surface area contributed by atoms with Gasteiger partial charge in [0.1, 0.15) is 5.69 Å². The van der Waals surface area contributed by atoms with Gasteiger partial charge in [-0.3, -0.25) is 10.1 Å². The Morgan fingerprint density at radius 1 is 1.24 bits per heavy atom. The first kappa shape index (κ1) is 22.3. The Bertz CT molecular complexity index is 1360. The number of benzene rings is 1. The summed E-state index contributed by atoms with van der Waals surface area (Å²) in [5, 5.41) is 14.2. The first-order valence-corrected chi connectivity index (χ1v) is 9.69. The lowest BCUT2D eigenvalue weighted by Crippen LogP contribution is -2.20. The molecule has 0 aliphatic rings. The van der Waals surface area contributed by atoms with Crippen molar-refractivity contribution in [2.45, 2.75) is 6.18 Å². The normalized spacial score (nSPS) is 11.5. The quantitative estimate of drug-likeness (QED) is 0.228. The fourth-order valence-electron chi connectivity index (χ4n) is 3.18. The maximum absolute atomic E-state index is 12.6. The minimum Gasteiger partial charge on any atom is -0.466 e. The lowest BCUT2D eigenvalue weighted by Gasteiger charge is -2.13. The first-order chi connectivity index (χ1) is 15.6. The van der Waals surface area contributed by atoms with Gasteiger partial charge in [-0.05, 0) is 12.1 Å². The Morgan fingerprint density at radius 2 is 2.00 bits per heavy atom. The molecule has 170 valence electrons. The summed E-state index contributed by atoms with van der Waals surface area (Å²) in [5.74, 6) is -0.613. The molecule has 0 unspecified atom stereocenters. The average molecular weight is 479 g/mol. The van der Waals surface area contributed by atoms with Crippen molar-refractivity contribution in [3.8, 4) is 17.1 Å². The number of fused-ring (bicyclic) bond motifs is 1. The molecule has 33 heavy (non-hydrogen) atoms. The van der Waals surface area contributed by atoms with Gasteiger partial charge in [-0.2, -0.15) is 18.2 Å². The van der Waals surface area contributed by atoms with Crippen LogP contribution >= 0.6 is 11.6 Å². The number of hydrogen-bond donors (Lipinski definition) is 1. The summed E-state index contributed by atoms with van der Waals surface area (Å²) in [4.78, 5) is 22.5. The predicted molar refractivity (Wildman–Crippen MR) is 115 cm³/mol. The maximum atomic E-state index is 12.6. The zero-order chi connectivity index (χ0) is 23.8. The van der Waals surface area contributed by atoms with E-state index in [2.05, 4.69) is 20.3 Å². The van der Waals surface area contributed by atoms with Crippen molar-refractivity contribution in [3.63, 3.8) is 0 Å². The highest BCUT2D eigenvalue weighted by Gasteiger charge is 2.30. The van der Waals surface area contributed by atoms with Gasteiger partial charge in [0.25, 0.3) is 0 Å². The van der Waals surface area contributed by atoms with Crippen LogP contribution in [0.2, 0.25) is 5.15 Å². The molecule has 0 aliphatic heterocycles. The third-order valence-electron chi connectivity index (χ3n) is 4.57. The molecule has 3 aromatic heterocycles. The molecule has 0 fully saturated rings. The molecule has 0 radical (unpaired) electrons. The van der Waals surface area contributed by atoms with E-state index >= 15 is 0 Å². The van der Waals surface area contributed by atoms with E-state index in [0.29, 0.717) is 5.69 Å². The molecule has 0 amide bonds. The SMILES string of the molecule is Cn1cc(-c2ccnc(Nc3cc([N+](=O)[O-])c(Cl)nc3OCC(F)(F)F)n2)c2ccccc21. The van der Waals surface area contributed by atoms with Gasteiger partial charge < -0.3 is 14.6 Å². The summed E-state index contributed by atoms with van der Waals surface area (Å²) in [6.07, 6.45) is -1.33. The van der Waals surface area contributed by atoms with E-state index in [9.17, 15) is 23.3 Å². The second kappa shape index (κ2) is 8.54. The minimum absolute atomic E-state index is 0.0317. The first-order valence-electron chi connectivity index (χ1n) is 9.31. The average Bonchev–Trinajstić information content (AvgIpc) is 3.10. The summed E-state index contributed by atoms with van der Waals surface area (Å²) in [6, 6.07) is 10.2. The lowest BCUT2D eigenvalue weighted by molar-refractivity contribution is -0.385. The van der Waals surface area contributed by atoms with Crippen molar-refractivity contribution in [2.24, 2.45) is 7.05 Å². The number of anilines is 2. The van der Waals surface area contributed by atoms with E-state index in [1.807, 2.05) is 42.1 Å². The molecule has 0 saturated carbocycles. The molecule has 1 N–H and O–H groups in total. The molecule has 1 aromatic carbocycles. The van der Waals surface area contributed by atoms with Gasteiger partial charge in [0.15, 0.2) is 6.61 Å². The van der Waals surface area contributed by atoms with Gasteiger partial charge in [0.2, 0.25) is 17.0 Å². The second-order valence-electron chi connectivity index (χ2n) is 6.87. The molecule has 0 saturated heterocycles. The van der Waals surface area contributed by atoms with Gasteiger partial charge in [-0.1, -0.05) is 29.8 Å². The van der Waals surface area contributed by atoms with Crippen molar-refractivity contribution >= 4 is 39.8 Å². The third-order valence-corrected chi connectivity index (χ3v) is 4.84. The van der Waals surface area contributed by atoms with E-state index in [-0.39, 0.29) is 11.6 Å². The Hall–Kier alpha value is -3.93. The van der Waals surface area contributed by atoms with Gasteiger partial charge in [0.05, 0.1) is 10.6 Å². The van der Waals surface area contributed by atoms with Crippen molar-refractivity contribution in [1.29, 1.82) is 0 Å². The van der Waals surface area contributed by atoms with Crippen LogP contribution in [0.3, 0.4) is 0 Å².